The number of aromatic amines is 1. The summed E-state index contributed by atoms with van der Waals surface area (Å²) < 4.78 is 10.8. The molecule has 128 valence electrons. The summed E-state index contributed by atoms with van der Waals surface area (Å²) in [7, 11) is 0. The minimum atomic E-state index is -0.515. The Kier molecular flexibility index (Phi) is 5.30. The van der Waals surface area contributed by atoms with Crippen molar-refractivity contribution >= 4 is 17.6 Å². The van der Waals surface area contributed by atoms with Crippen LogP contribution in [0.4, 0.5) is 0 Å². The highest BCUT2D eigenvalue weighted by atomic mass is 35.5. The van der Waals surface area contributed by atoms with Gasteiger partial charge in [0.05, 0.1) is 6.61 Å². The van der Waals surface area contributed by atoms with Gasteiger partial charge < -0.3 is 9.47 Å². The van der Waals surface area contributed by atoms with Crippen molar-refractivity contribution in [2.45, 2.75) is 13.5 Å². The Morgan fingerprint density at radius 2 is 1.96 bits per heavy atom. The van der Waals surface area contributed by atoms with Crippen molar-refractivity contribution in [1.82, 2.24) is 15.4 Å². The highest BCUT2D eigenvalue weighted by Crippen LogP contribution is 2.25. The number of benzene rings is 2. The van der Waals surface area contributed by atoms with Crippen LogP contribution in [0, 0.1) is 0 Å². The molecular weight excluding hydrogens is 342 g/mol. The third-order valence-electron chi connectivity index (χ3n) is 3.44. The van der Waals surface area contributed by atoms with Gasteiger partial charge in [0.2, 0.25) is 0 Å². The minimum Gasteiger partial charge on any atom is -0.489 e. The summed E-state index contributed by atoms with van der Waals surface area (Å²) in [6, 6.07) is 14.7. The van der Waals surface area contributed by atoms with Crippen LogP contribution in [0.2, 0.25) is 5.02 Å². The molecular formula is C18H16ClN3O3. The maximum Gasteiger partial charge on any atom is 0.361 e. The quantitative estimate of drug-likeness (QED) is 0.677. The summed E-state index contributed by atoms with van der Waals surface area (Å²) in [5.74, 6) is 0.143. The largest absolute Gasteiger partial charge is 0.489 e. The SMILES string of the molecule is CCOC(=O)c1n[nH]nc1-c1cccc(OCc2ccc(Cl)cc2)c1. The molecule has 0 unspecified atom stereocenters. The number of hydrogen-bond acceptors (Lipinski definition) is 5. The van der Waals surface area contributed by atoms with Crippen LogP contribution in [-0.4, -0.2) is 28.0 Å². The van der Waals surface area contributed by atoms with Gasteiger partial charge in [-0.2, -0.15) is 10.3 Å². The van der Waals surface area contributed by atoms with Gasteiger partial charge in [-0.25, -0.2) is 4.79 Å². The third-order valence-corrected chi connectivity index (χ3v) is 3.69. The number of nitrogens with zero attached hydrogens (tertiary/aromatic N) is 2. The van der Waals surface area contributed by atoms with Crippen molar-refractivity contribution in [3.8, 4) is 17.0 Å². The van der Waals surface area contributed by atoms with Crippen molar-refractivity contribution in [1.29, 1.82) is 0 Å². The molecule has 6 nitrogen and oxygen atoms in total. The zero-order chi connectivity index (χ0) is 17.6. The Morgan fingerprint density at radius 1 is 1.16 bits per heavy atom. The number of rotatable bonds is 6. The fourth-order valence-corrected chi connectivity index (χ4v) is 2.38. The summed E-state index contributed by atoms with van der Waals surface area (Å²) in [6.07, 6.45) is 0. The topological polar surface area (TPSA) is 77.1 Å². The van der Waals surface area contributed by atoms with Crippen molar-refractivity contribution in [3.05, 3.63) is 64.8 Å². The van der Waals surface area contributed by atoms with Crippen LogP contribution in [0.15, 0.2) is 48.5 Å². The second kappa shape index (κ2) is 7.81. The maximum atomic E-state index is 11.9. The van der Waals surface area contributed by atoms with Crippen molar-refractivity contribution in [2.75, 3.05) is 6.61 Å². The van der Waals surface area contributed by atoms with E-state index < -0.39 is 5.97 Å². The van der Waals surface area contributed by atoms with Crippen molar-refractivity contribution in [3.63, 3.8) is 0 Å². The van der Waals surface area contributed by atoms with Crippen LogP contribution in [-0.2, 0) is 11.3 Å². The second-order valence-corrected chi connectivity index (χ2v) is 5.62. The third kappa shape index (κ3) is 4.16. The monoisotopic (exact) mass is 357 g/mol. The highest BCUT2D eigenvalue weighted by Gasteiger charge is 2.19. The molecule has 0 saturated carbocycles. The summed E-state index contributed by atoms with van der Waals surface area (Å²) in [6.45, 7) is 2.42. The van der Waals surface area contributed by atoms with Crippen molar-refractivity contribution in [2.24, 2.45) is 0 Å². The molecule has 0 aliphatic rings. The Balaban J connectivity index is 1.77. The molecule has 3 aromatic rings. The van der Waals surface area contributed by atoms with Gasteiger partial charge in [-0.15, -0.1) is 5.10 Å². The number of aromatic nitrogens is 3. The number of halogens is 1. The molecule has 0 fully saturated rings. The highest BCUT2D eigenvalue weighted by molar-refractivity contribution is 6.30. The Bertz CT molecular complexity index is 862. The van der Waals surface area contributed by atoms with Gasteiger partial charge >= 0.3 is 5.97 Å². The number of nitrogens with one attached hydrogen (secondary N) is 1. The molecule has 3 rings (SSSR count). The molecule has 1 aromatic heterocycles. The van der Waals surface area contributed by atoms with Gasteiger partial charge in [-0.1, -0.05) is 35.9 Å². The molecule has 0 atom stereocenters. The lowest BCUT2D eigenvalue weighted by Crippen LogP contribution is -2.06. The standard InChI is InChI=1S/C18H16ClN3O3/c1-2-24-18(23)17-16(20-22-21-17)13-4-3-5-15(10-13)25-11-12-6-8-14(19)9-7-12/h3-10H,2,11H2,1H3,(H,20,21,22). The first-order chi connectivity index (χ1) is 12.2. The van der Waals surface area contributed by atoms with Crippen LogP contribution < -0.4 is 4.74 Å². The molecule has 0 aliphatic heterocycles. The Morgan fingerprint density at radius 3 is 2.72 bits per heavy atom. The molecule has 25 heavy (non-hydrogen) atoms. The van der Waals surface area contributed by atoms with E-state index in [4.69, 9.17) is 21.1 Å². The predicted molar refractivity (Wildman–Crippen MR) is 93.6 cm³/mol. The first kappa shape index (κ1) is 17.0. The van der Waals surface area contributed by atoms with E-state index in [0.717, 1.165) is 5.56 Å². The first-order valence-corrected chi connectivity index (χ1v) is 8.10. The Hall–Kier alpha value is -2.86. The fraction of sp³-hybridized carbons (Fsp3) is 0.167. The number of carbonyl (C=O) groups excluding carboxylic acids is 1. The predicted octanol–water partition coefficient (Wildman–Crippen LogP) is 3.88. The molecule has 0 saturated heterocycles. The van der Waals surface area contributed by atoms with Gasteiger partial charge in [0.1, 0.15) is 18.1 Å². The van der Waals surface area contributed by atoms with E-state index in [1.807, 2.05) is 42.5 Å². The summed E-state index contributed by atoms with van der Waals surface area (Å²) >= 11 is 5.88. The molecule has 7 heteroatoms. The van der Waals surface area contributed by atoms with Gasteiger partial charge in [-0.3, -0.25) is 0 Å². The molecule has 0 spiro atoms. The van der Waals surface area contributed by atoms with E-state index in [2.05, 4.69) is 15.4 Å². The number of hydrogen-bond donors (Lipinski definition) is 1. The number of esters is 1. The Labute approximate surface area is 149 Å². The lowest BCUT2D eigenvalue weighted by atomic mass is 10.1. The average Bonchev–Trinajstić information content (AvgIpc) is 3.12. The molecule has 0 radical (unpaired) electrons. The first-order valence-electron chi connectivity index (χ1n) is 7.73. The van der Waals surface area contributed by atoms with Crippen LogP contribution in [0.3, 0.4) is 0 Å². The van der Waals surface area contributed by atoms with E-state index in [1.54, 1.807) is 13.0 Å². The average molecular weight is 358 g/mol. The van der Waals surface area contributed by atoms with E-state index in [1.165, 1.54) is 0 Å². The van der Waals surface area contributed by atoms with Gasteiger partial charge in [-0.05, 0) is 36.8 Å². The molecule has 0 bridgehead atoms. The van der Waals surface area contributed by atoms with Crippen LogP contribution in [0.25, 0.3) is 11.3 Å². The van der Waals surface area contributed by atoms with Gasteiger partial charge in [0.25, 0.3) is 0 Å². The number of ether oxygens (including phenoxy) is 2. The van der Waals surface area contributed by atoms with E-state index in [9.17, 15) is 4.79 Å². The van der Waals surface area contributed by atoms with Crippen LogP contribution in [0.5, 0.6) is 5.75 Å². The van der Waals surface area contributed by atoms with Crippen LogP contribution in [0.1, 0.15) is 23.0 Å². The zero-order valence-corrected chi connectivity index (χ0v) is 14.3. The van der Waals surface area contributed by atoms with Crippen molar-refractivity contribution < 1.29 is 14.3 Å². The fourth-order valence-electron chi connectivity index (χ4n) is 2.25. The molecule has 0 amide bonds. The maximum absolute atomic E-state index is 11.9. The summed E-state index contributed by atoms with van der Waals surface area (Å²) in [5, 5.41) is 11.1. The van der Waals surface area contributed by atoms with Crippen LogP contribution >= 0.6 is 11.6 Å². The zero-order valence-electron chi connectivity index (χ0n) is 13.5. The molecule has 2 aromatic carbocycles. The van der Waals surface area contributed by atoms with E-state index in [-0.39, 0.29) is 12.3 Å². The van der Waals surface area contributed by atoms with Gasteiger partial charge in [0.15, 0.2) is 5.69 Å². The lowest BCUT2D eigenvalue weighted by Gasteiger charge is -2.08. The summed E-state index contributed by atoms with van der Waals surface area (Å²) in [4.78, 5) is 11.9. The summed E-state index contributed by atoms with van der Waals surface area (Å²) in [5.41, 5.74) is 2.29. The molecule has 1 heterocycles. The number of H-pyrrole nitrogens is 1. The smallest absolute Gasteiger partial charge is 0.361 e. The van der Waals surface area contributed by atoms with Gasteiger partial charge in [0, 0.05) is 10.6 Å². The lowest BCUT2D eigenvalue weighted by molar-refractivity contribution is 0.0520. The molecule has 1 N–H and O–H groups in total. The molecule has 0 aliphatic carbocycles. The normalized spacial score (nSPS) is 10.5. The second-order valence-electron chi connectivity index (χ2n) is 5.18. The number of carbonyl (C=O) groups is 1. The van der Waals surface area contributed by atoms with E-state index >= 15 is 0 Å². The van der Waals surface area contributed by atoms with E-state index in [0.29, 0.717) is 28.6 Å². The minimum absolute atomic E-state index is 0.150.